The molecule has 90 valence electrons. The molecule has 2 nitrogen and oxygen atoms in total. The maximum Gasteiger partial charge on any atom is 0.120 e. The van der Waals surface area contributed by atoms with Crippen LogP contribution in [0.1, 0.15) is 21.7 Å². The summed E-state index contributed by atoms with van der Waals surface area (Å²) in [6, 6.07) is 7.96. The van der Waals surface area contributed by atoms with E-state index in [1.807, 2.05) is 31.2 Å². The molecule has 1 aromatic heterocycles. The van der Waals surface area contributed by atoms with Gasteiger partial charge in [0.05, 0.1) is 18.2 Å². The number of rotatable bonds is 3. The van der Waals surface area contributed by atoms with Crippen LogP contribution in [0.15, 0.2) is 39.4 Å². The normalized spacial score (nSPS) is 12.5. The van der Waals surface area contributed by atoms with Gasteiger partial charge in [-0.15, -0.1) is 0 Å². The van der Waals surface area contributed by atoms with Crippen molar-refractivity contribution in [3.8, 4) is 5.75 Å². The number of hydrogen-bond acceptors (Lipinski definition) is 2. The topological polar surface area (TPSA) is 22.4 Å². The maximum atomic E-state index is 5.32. The fraction of sp³-hybridized carbons (Fsp3) is 0.231. The highest BCUT2D eigenvalue weighted by molar-refractivity contribution is 9.11. The third kappa shape index (κ3) is 2.75. The zero-order chi connectivity index (χ0) is 12.4. The van der Waals surface area contributed by atoms with Gasteiger partial charge < -0.3 is 9.15 Å². The molecule has 1 aromatic carbocycles. The number of ether oxygens (including phenoxy) is 1. The van der Waals surface area contributed by atoms with E-state index in [1.54, 1.807) is 13.4 Å². The van der Waals surface area contributed by atoms with E-state index in [1.165, 1.54) is 0 Å². The third-order valence-corrected chi connectivity index (χ3v) is 4.23. The first-order valence-electron chi connectivity index (χ1n) is 5.14. The molecule has 0 aliphatic rings. The fourth-order valence-corrected chi connectivity index (χ4v) is 3.15. The minimum absolute atomic E-state index is 0.111. The van der Waals surface area contributed by atoms with E-state index in [2.05, 4.69) is 31.9 Å². The zero-order valence-corrected chi connectivity index (χ0v) is 12.7. The number of halogens is 2. The average molecular weight is 360 g/mol. The Kier molecular flexibility index (Phi) is 3.94. The molecule has 0 radical (unpaired) electrons. The second-order valence-corrected chi connectivity index (χ2v) is 5.51. The SMILES string of the molecule is COc1ccc(C(Br)c2coc(C)c2)c(Br)c1. The molecular weight excluding hydrogens is 348 g/mol. The molecule has 0 amide bonds. The van der Waals surface area contributed by atoms with Gasteiger partial charge >= 0.3 is 0 Å². The molecule has 0 aliphatic carbocycles. The molecule has 0 N–H and O–H groups in total. The van der Waals surface area contributed by atoms with Gasteiger partial charge in [-0.05, 0) is 30.7 Å². The van der Waals surface area contributed by atoms with Crippen LogP contribution in [-0.2, 0) is 0 Å². The van der Waals surface area contributed by atoms with Crippen LogP contribution >= 0.6 is 31.9 Å². The number of furan rings is 1. The highest BCUT2D eigenvalue weighted by Gasteiger charge is 2.15. The van der Waals surface area contributed by atoms with Crippen molar-refractivity contribution in [2.45, 2.75) is 11.8 Å². The van der Waals surface area contributed by atoms with Crippen molar-refractivity contribution in [3.05, 3.63) is 51.9 Å². The van der Waals surface area contributed by atoms with Crippen LogP contribution in [0.25, 0.3) is 0 Å². The highest BCUT2D eigenvalue weighted by Crippen LogP contribution is 2.37. The fourth-order valence-electron chi connectivity index (χ4n) is 1.62. The molecule has 0 spiro atoms. The van der Waals surface area contributed by atoms with Crippen molar-refractivity contribution >= 4 is 31.9 Å². The first-order chi connectivity index (χ1) is 8.11. The molecular formula is C13H12Br2O2. The van der Waals surface area contributed by atoms with Crippen LogP contribution in [-0.4, -0.2) is 7.11 Å². The maximum absolute atomic E-state index is 5.32. The highest BCUT2D eigenvalue weighted by atomic mass is 79.9. The Bertz CT molecular complexity index is 520. The third-order valence-electron chi connectivity index (χ3n) is 2.52. The van der Waals surface area contributed by atoms with Crippen LogP contribution in [0.5, 0.6) is 5.75 Å². The Morgan fingerprint density at radius 1 is 1.29 bits per heavy atom. The summed E-state index contributed by atoms with van der Waals surface area (Å²) in [7, 11) is 1.66. The minimum Gasteiger partial charge on any atom is -0.497 e. The Morgan fingerprint density at radius 3 is 2.59 bits per heavy atom. The number of aryl methyl sites for hydroxylation is 1. The summed E-state index contributed by atoms with van der Waals surface area (Å²) < 4.78 is 11.5. The first-order valence-corrected chi connectivity index (χ1v) is 6.85. The van der Waals surface area contributed by atoms with E-state index in [4.69, 9.17) is 9.15 Å². The van der Waals surface area contributed by atoms with Gasteiger partial charge in [0, 0.05) is 10.0 Å². The van der Waals surface area contributed by atoms with Gasteiger partial charge in [-0.2, -0.15) is 0 Å². The lowest BCUT2D eigenvalue weighted by Gasteiger charge is -2.11. The minimum atomic E-state index is 0.111. The van der Waals surface area contributed by atoms with Crippen molar-refractivity contribution in [2.24, 2.45) is 0 Å². The lowest BCUT2D eigenvalue weighted by molar-refractivity contribution is 0.414. The van der Waals surface area contributed by atoms with E-state index in [9.17, 15) is 0 Å². The smallest absolute Gasteiger partial charge is 0.120 e. The predicted molar refractivity (Wildman–Crippen MR) is 74.9 cm³/mol. The Hall–Kier alpha value is -0.740. The summed E-state index contributed by atoms with van der Waals surface area (Å²) >= 11 is 7.23. The number of methoxy groups -OCH3 is 1. The van der Waals surface area contributed by atoms with Crippen molar-refractivity contribution < 1.29 is 9.15 Å². The largest absolute Gasteiger partial charge is 0.497 e. The molecule has 2 rings (SSSR count). The predicted octanol–water partition coefficient (Wildman–Crippen LogP) is 4.84. The molecule has 0 fully saturated rings. The molecule has 0 bridgehead atoms. The number of benzene rings is 1. The number of hydrogen-bond donors (Lipinski definition) is 0. The summed E-state index contributed by atoms with van der Waals surface area (Å²) in [6.45, 7) is 1.94. The first kappa shape index (κ1) is 12.7. The number of alkyl halides is 1. The van der Waals surface area contributed by atoms with Crippen LogP contribution in [0, 0.1) is 6.92 Å². The average Bonchev–Trinajstić information content (AvgIpc) is 2.75. The van der Waals surface area contributed by atoms with Crippen molar-refractivity contribution in [1.82, 2.24) is 0 Å². The lowest BCUT2D eigenvalue weighted by atomic mass is 10.1. The molecule has 2 aromatic rings. The summed E-state index contributed by atoms with van der Waals surface area (Å²) in [5.41, 5.74) is 2.25. The quantitative estimate of drug-likeness (QED) is 0.731. The van der Waals surface area contributed by atoms with Gasteiger partial charge in [-0.25, -0.2) is 0 Å². The monoisotopic (exact) mass is 358 g/mol. The molecule has 0 saturated carbocycles. The molecule has 1 heterocycles. The summed E-state index contributed by atoms with van der Waals surface area (Å²) in [4.78, 5) is 0.111. The Balaban J connectivity index is 2.34. The standard InChI is InChI=1S/C13H12Br2O2/c1-8-5-9(7-17-8)13(15)11-4-3-10(16-2)6-12(11)14/h3-7,13H,1-2H3. The van der Waals surface area contributed by atoms with Crippen molar-refractivity contribution in [2.75, 3.05) is 7.11 Å². The van der Waals surface area contributed by atoms with Gasteiger partial charge in [0.1, 0.15) is 11.5 Å². The zero-order valence-electron chi connectivity index (χ0n) is 9.54. The van der Waals surface area contributed by atoms with E-state index < -0.39 is 0 Å². The Morgan fingerprint density at radius 2 is 2.06 bits per heavy atom. The van der Waals surface area contributed by atoms with Gasteiger partial charge in [-0.3, -0.25) is 0 Å². The van der Waals surface area contributed by atoms with Crippen LogP contribution in [0.2, 0.25) is 0 Å². The van der Waals surface area contributed by atoms with Crippen LogP contribution < -0.4 is 4.74 Å². The van der Waals surface area contributed by atoms with Crippen molar-refractivity contribution in [1.29, 1.82) is 0 Å². The molecule has 1 atom stereocenters. The Labute approximate surface area is 117 Å². The lowest BCUT2D eigenvalue weighted by Crippen LogP contribution is -1.93. The van der Waals surface area contributed by atoms with E-state index in [-0.39, 0.29) is 4.83 Å². The summed E-state index contributed by atoms with van der Waals surface area (Å²) in [5, 5.41) is 0. The molecule has 4 heteroatoms. The van der Waals surface area contributed by atoms with Gasteiger partial charge in [0.25, 0.3) is 0 Å². The van der Waals surface area contributed by atoms with Crippen LogP contribution in [0.4, 0.5) is 0 Å². The summed E-state index contributed by atoms with van der Waals surface area (Å²) in [5.74, 6) is 1.75. The van der Waals surface area contributed by atoms with Gasteiger partial charge in [-0.1, -0.05) is 37.9 Å². The second-order valence-electron chi connectivity index (χ2n) is 3.74. The molecule has 0 aliphatic heterocycles. The second kappa shape index (κ2) is 5.27. The summed E-state index contributed by atoms with van der Waals surface area (Å²) in [6.07, 6.45) is 1.77. The van der Waals surface area contributed by atoms with E-state index in [0.717, 1.165) is 27.1 Å². The van der Waals surface area contributed by atoms with Gasteiger partial charge in [0.15, 0.2) is 0 Å². The van der Waals surface area contributed by atoms with Gasteiger partial charge in [0.2, 0.25) is 0 Å². The van der Waals surface area contributed by atoms with Crippen molar-refractivity contribution in [3.63, 3.8) is 0 Å². The van der Waals surface area contributed by atoms with Crippen LogP contribution in [0.3, 0.4) is 0 Å². The van der Waals surface area contributed by atoms with E-state index in [0.29, 0.717) is 0 Å². The molecule has 0 saturated heterocycles. The molecule has 1 unspecified atom stereocenters. The van der Waals surface area contributed by atoms with E-state index >= 15 is 0 Å². The molecule has 17 heavy (non-hydrogen) atoms.